The summed E-state index contributed by atoms with van der Waals surface area (Å²) in [6, 6.07) is 6.60. The Morgan fingerprint density at radius 1 is 0.905 bits per heavy atom. The van der Waals surface area contributed by atoms with Gasteiger partial charge in [-0.2, -0.15) is 0 Å². The minimum absolute atomic E-state index is 0.417. The Labute approximate surface area is 131 Å². The molecule has 2 nitrogen and oxygen atoms in total. The highest BCUT2D eigenvalue weighted by Crippen LogP contribution is 2.18. The van der Waals surface area contributed by atoms with Crippen LogP contribution in [0, 0.1) is 0 Å². The number of rotatable bonds is 13. The number of aromatic nitrogens is 1. The largest absolute Gasteiger partial charge is 0.312 e. The molecule has 1 unspecified atom stereocenters. The normalized spacial score (nSPS) is 12.5. The lowest BCUT2D eigenvalue weighted by atomic mass is 10.0. The van der Waals surface area contributed by atoms with Crippen molar-refractivity contribution in [2.45, 2.75) is 83.6 Å². The lowest BCUT2D eigenvalue weighted by Crippen LogP contribution is -2.17. The van der Waals surface area contributed by atoms with Crippen molar-refractivity contribution < 1.29 is 0 Å². The predicted octanol–water partition coefficient (Wildman–Crippen LogP) is 5.65. The lowest BCUT2D eigenvalue weighted by Gasteiger charge is -2.15. The van der Waals surface area contributed by atoms with Crippen molar-refractivity contribution in [1.29, 1.82) is 0 Å². The first kappa shape index (κ1) is 18.2. The fourth-order valence-electron chi connectivity index (χ4n) is 2.86. The summed E-state index contributed by atoms with van der Waals surface area (Å²) in [5.74, 6) is 0. The number of hydrogen-bond donors (Lipinski definition) is 1. The van der Waals surface area contributed by atoms with Gasteiger partial charge >= 0.3 is 0 Å². The number of pyridine rings is 1. The van der Waals surface area contributed by atoms with Gasteiger partial charge in [-0.05, 0) is 25.6 Å². The Morgan fingerprint density at radius 3 is 2.05 bits per heavy atom. The predicted molar refractivity (Wildman–Crippen MR) is 92.5 cm³/mol. The monoisotopic (exact) mass is 290 g/mol. The van der Waals surface area contributed by atoms with E-state index in [2.05, 4.69) is 29.4 Å². The molecule has 0 radical (unpaired) electrons. The number of unbranched alkanes of at least 4 members (excludes halogenated alkanes) is 9. The number of nitrogens with one attached hydrogen (secondary N) is 1. The van der Waals surface area contributed by atoms with E-state index in [1.54, 1.807) is 0 Å². The van der Waals surface area contributed by atoms with Gasteiger partial charge in [-0.3, -0.25) is 4.98 Å². The summed E-state index contributed by atoms with van der Waals surface area (Å²) in [4.78, 5) is 4.45. The van der Waals surface area contributed by atoms with Gasteiger partial charge in [0, 0.05) is 12.2 Å². The van der Waals surface area contributed by atoms with Crippen LogP contribution >= 0.6 is 0 Å². The molecule has 0 fully saturated rings. The molecule has 2 heteroatoms. The SMILES string of the molecule is CCCCCCCCCCCCC(NC)c1ccccn1. The first-order valence-corrected chi connectivity index (χ1v) is 8.96. The van der Waals surface area contributed by atoms with E-state index in [9.17, 15) is 0 Å². The highest BCUT2D eigenvalue weighted by molar-refractivity contribution is 5.08. The molecule has 1 atom stereocenters. The Morgan fingerprint density at radius 2 is 1.52 bits per heavy atom. The third-order valence-electron chi connectivity index (χ3n) is 4.24. The maximum absolute atomic E-state index is 4.45. The second-order valence-electron chi connectivity index (χ2n) is 6.07. The van der Waals surface area contributed by atoms with Crippen molar-refractivity contribution in [1.82, 2.24) is 10.3 Å². The van der Waals surface area contributed by atoms with Crippen LogP contribution in [0.3, 0.4) is 0 Å². The molecule has 0 aliphatic heterocycles. The van der Waals surface area contributed by atoms with Gasteiger partial charge in [0.25, 0.3) is 0 Å². The van der Waals surface area contributed by atoms with Crippen molar-refractivity contribution >= 4 is 0 Å². The summed E-state index contributed by atoms with van der Waals surface area (Å²) in [6.45, 7) is 2.28. The van der Waals surface area contributed by atoms with Crippen molar-refractivity contribution in [3.63, 3.8) is 0 Å². The molecular weight excluding hydrogens is 256 g/mol. The first-order valence-electron chi connectivity index (χ1n) is 8.96. The zero-order valence-electron chi connectivity index (χ0n) is 14.1. The van der Waals surface area contributed by atoms with Gasteiger partial charge in [0.05, 0.1) is 5.69 Å². The molecule has 0 aliphatic rings. The molecule has 21 heavy (non-hydrogen) atoms. The van der Waals surface area contributed by atoms with Crippen molar-refractivity contribution in [2.75, 3.05) is 7.05 Å². The molecule has 0 bridgehead atoms. The molecule has 0 saturated heterocycles. The number of hydrogen-bond acceptors (Lipinski definition) is 2. The van der Waals surface area contributed by atoms with Crippen LogP contribution in [0.1, 0.15) is 89.3 Å². The number of nitrogens with zero attached hydrogens (tertiary/aromatic N) is 1. The van der Waals surface area contributed by atoms with Crippen LogP contribution in [-0.2, 0) is 0 Å². The molecule has 1 aromatic heterocycles. The smallest absolute Gasteiger partial charge is 0.0573 e. The maximum Gasteiger partial charge on any atom is 0.0573 e. The quantitative estimate of drug-likeness (QED) is 0.475. The molecule has 1 heterocycles. The van der Waals surface area contributed by atoms with Gasteiger partial charge < -0.3 is 5.32 Å². The third kappa shape index (κ3) is 8.87. The Kier molecular flexibility index (Phi) is 11.1. The summed E-state index contributed by atoms with van der Waals surface area (Å²) in [7, 11) is 2.04. The first-order chi connectivity index (χ1) is 10.4. The van der Waals surface area contributed by atoms with Crippen molar-refractivity contribution in [3.8, 4) is 0 Å². The fraction of sp³-hybridized carbons (Fsp3) is 0.737. The maximum atomic E-state index is 4.45. The van der Waals surface area contributed by atoms with Gasteiger partial charge in [-0.15, -0.1) is 0 Å². The van der Waals surface area contributed by atoms with Crippen LogP contribution in [0.2, 0.25) is 0 Å². The third-order valence-corrected chi connectivity index (χ3v) is 4.24. The minimum atomic E-state index is 0.417. The molecule has 1 rings (SSSR count). The fourth-order valence-corrected chi connectivity index (χ4v) is 2.86. The van der Waals surface area contributed by atoms with Crippen LogP contribution in [0.5, 0.6) is 0 Å². The molecule has 1 aromatic rings. The molecule has 0 aromatic carbocycles. The molecule has 120 valence electrons. The van der Waals surface area contributed by atoms with Gasteiger partial charge in [0.1, 0.15) is 0 Å². The molecule has 1 N–H and O–H groups in total. The van der Waals surface area contributed by atoms with Crippen LogP contribution in [-0.4, -0.2) is 12.0 Å². The topological polar surface area (TPSA) is 24.9 Å². The average Bonchev–Trinajstić information content (AvgIpc) is 2.54. The Bertz CT molecular complexity index is 324. The van der Waals surface area contributed by atoms with Gasteiger partial charge in [0.2, 0.25) is 0 Å². The van der Waals surface area contributed by atoms with Crippen LogP contribution in [0.25, 0.3) is 0 Å². The van der Waals surface area contributed by atoms with E-state index in [-0.39, 0.29) is 0 Å². The average molecular weight is 290 g/mol. The molecular formula is C19H34N2. The van der Waals surface area contributed by atoms with E-state index in [4.69, 9.17) is 0 Å². The summed E-state index contributed by atoms with van der Waals surface area (Å²) >= 11 is 0. The standard InChI is InChI=1S/C19H34N2/c1-3-4-5-6-7-8-9-10-11-12-15-18(20-2)19-16-13-14-17-21-19/h13-14,16-18,20H,3-12,15H2,1-2H3. The van der Waals surface area contributed by atoms with Crippen LogP contribution < -0.4 is 5.32 Å². The van der Waals surface area contributed by atoms with E-state index in [0.29, 0.717) is 6.04 Å². The Hall–Kier alpha value is -0.890. The second kappa shape index (κ2) is 12.8. The minimum Gasteiger partial charge on any atom is -0.312 e. The summed E-state index contributed by atoms with van der Waals surface area (Å²) in [6.07, 6.45) is 17.1. The molecule has 0 aliphatic carbocycles. The van der Waals surface area contributed by atoms with Gasteiger partial charge in [-0.25, -0.2) is 0 Å². The second-order valence-corrected chi connectivity index (χ2v) is 6.07. The highest BCUT2D eigenvalue weighted by Gasteiger charge is 2.08. The van der Waals surface area contributed by atoms with Gasteiger partial charge in [0.15, 0.2) is 0 Å². The van der Waals surface area contributed by atoms with E-state index in [1.807, 2.05) is 19.3 Å². The summed E-state index contributed by atoms with van der Waals surface area (Å²) in [5, 5.41) is 3.39. The molecule has 0 amide bonds. The molecule has 0 spiro atoms. The van der Waals surface area contributed by atoms with Crippen LogP contribution in [0.4, 0.5) is 0 Å². The van der Waals surface area contributed by atoms with E-state index in [0.717, 1.165) is 0 Å². The van der Waals surface area contributed by atoms with Crippen LogP contribution in [0.15, 0.2) is 24.4 Å². The zero-order chi connectivity index (χ0) is 15.2. The highest BCUT2D eigenvalue weighted by atomic mass is 14.9. The zero-order valence-corrected chi connectivity index (χ0v) is 14.1. The summed E-state index contributed by atoms with van der Waals surface area (Å²) < 4.78 is 0. The summed E-state index contributed by atoms with van der Waals surface area (Å²) in [5.41, 5.74) is 1.18. The van der Waals surface area contributed by atoms with E-state index in [1.165, 1.54) is 76.3 Å². The lowest BCUT2D eigenvalue weighted by molar-refractivity contribution is 0.485. The Balaban J connectivity index is 1.98. The molecule has 0 saturated carbocycles. The van der Waals surface area contributed by atoms with E-state index >= 15 is 0 Å². The van der Waals surface area contributed by atoms with Gasteiger partial charge in [-0.1, -0.05) is 77.2 Å². The van der Waals surface area contributed by atoms with Crippen molar-refractivity contribution in [3.05, 3.63) is 30.1 Å². The van der Waals surface area contributed by atoms with Crippen molar-refractivity contribution in [2.24, 2.45) is 0 Å². The van der Waals surface area contributed by atoms with E-state index < -0.39 is 0 Å².